The number of carbonyl (C=O) groups excluding carboxylic acids is 1. The van der Waals surface area contributed by atoms with E-state index in [0.29, 0.717) is 11.4 Å². The van der Waals surface area contributed by atoms with Crippen LogP contribution in [0.25, 0.3) is 5.69 Å². The highest BCUT2D eigenvalue weighted by Gasteiger charge is 2.18. The van der Waals surface area contributed by atoms with Crippen LogP contribution in [0.3, 0.4) is 0 Å². The van der Waals surface area contributed by atoms with Crippen LogP contribution in [0.15, 0.2) is 48.5 Å². The minimum absolute atomic E-state index is 0.0672. The van der Waals surface area contributed by atoms with E-state index >= 15 is 0 Å². The van der Waals surface area contributed by atoms with Gasteiger partial charge in [-0.25, -0.2) is 13.5 Å². The Balaban J connectivity index is 1.88. The first-order chi connectivity index (χ1) is 11.1. The highest BCUT2D eigenvalue weighted by atomic mass is 19.1. The molecular weight excluding hydrogens is 302 g/mol. The molecule has 0 aliphatic rings. The van der Waals surface area contributed by atoms with Gasteiger partial charge in [0.2, 0.25) is 0 Å². The van der Waals surface area contributed by atoms with Gasteiger partial charge in [-0.1, -0.05) is 17.3 Å². The molecule has 116 valence electrons. The van der Waals surface area contributed by atoms with Gasteiger partial charge in [0.25, 0.3) is 5.91 Å². The summed E-state index contributed by atoms with van der Waals surface area (Å²) >= 11 is 0. The van der Waals surface area contributed by atoms with Crippen molar-refractivity contribution in [3.05, 3.63) is 71.6 Å². The Morgan fingerprint density at radius 2 is 1.78 bits per heavy atom. The molecule has 0 fully saturated rings. The molecule has 0 unspecified atom stereocenters. The summed E-state index contributed by atoms with van der Waals surface area (Å²) in [6.45, 7) is 1.62. The number of para-hydroxylation sites is 1. The number of carbonyl (C=O) groups is 1. The average Bonchev–Trinajstić information content (AvgIpc) is 2.92. The van der Waals surface area contributed by atoms with Crippen LogP contribution in [0.5, 0.6) is 0 Å². The molecule has 1 aromatic heterocycles. The fourth-order valence-electron chi connectivity index (χ4n) is 2.11. The van der Waals surface area contributed by atoms with E-state index in [1.165, 1.54) is 35.0 Å². The first kappa shape index (κ1) is 14.8. The lowest BCUT2D eigenvalue weighted by Crippen LogP contribution is -2.14. The summed E-state index contributed by atoms with van der Waals surface area (Å²) in [6, 6.07) is 11.4. The number of aromatic nitrogens is 3. The topological polar surface area (TPSA) is 59.8 Å². The van der Waals surface area contributed by atoms with Crippen LogP contribution >= 0.6 is 0 Å². The van der Waals surface area contributed by atoms with Gasteiger partial charge in [0.1, 0.15) is 17.3 Å². The molecule has 3 rings (SSSR count). The number of halogens is 2. The number of nitrogens with one attached hydrogen (secondary N) is 1. The monoisotopic (exact) mass is 314 g/mol. The SMILES string of the molecule is Cc1c(C(=O)Nc2ccc(F)cc2)nnn1-c1ccccc1F. The smallest absolute Gasteiger partial charge is 0.278 e. The summed E-state index contributed by atoms with van der Waals surface area (Å²) in [6.07, 6.45) is 0. The van der Waals surface area contributed by atoms with E-state index in [1.807, 2.05) is 0 Å². The molecular formula is C16H12F2N4O. The summed E-state index contributed by atoms with van der Waals surface area (Å²) in [4.78, 5) is 12.2. The van der Waals surface area contributed by atoms with Crippen molar-refractivity contribution in [3.8, 4) is 5.69 Å². The predicted octanol–water partition coefficient (Wildman–Crippen LogP) is 3.11. The Kier molecular flexibility index (Phi) is 3.84. The highest BCUT2D eigenvalue weighted by Crippen LogP contribution is 2.17. The second-order valence-corrected chi connectivity index (χ2v) is 4.85. The van der Waals surface area contributed by atoms with Gasteiger partial charge in [-0.15, -0.1) is 5.10 Å². The second kappa shape index (κ2) is 5.96. The number of amides is 1. The number of hydrogen-bond donors (Lipinski definition) is 1. The number of anilines is 1. The maximum Gasteiger partial charge on any atom is 0.278 e. The first-order valence-corrected chi connectivity index (χ1v) is 6.80. The van der Waals surface area contributed by atoms with E-state index in [2.05, 4.69) is 15.6 Å². The standard InChI is InChI=1S/C16H12F2N4O/c1-10-15(16(23)19-12-8-6-11(17)7-9-12)20-21-22(10)14-5-3-2-4-13(14)18/h2-9H,1H3,(H,19,23). The van der Waals surface area contributed by atoms with Crippen LogP contribution in [0.2, 0.25) is 0 Å². The van der Waals surface area contributed by atoms with E-state index in [1.54, 1.807) is 25.1 Å². The quantitative estimate of drug-likeness (QED) is 0.808. The lowest BCUT2D eigenvalue weighted by atomic mass is 10.2. The number of benzene rings is 2. The van der Waals surface area contributed by atoms with Crippen molar-refractivity contribution < 1.29 is 13.6 Å². The van der Waals surface area contributed by atoms with Crippen molar-refractivity contribution in [2.75, 3.05) is 5.32 Å². The van der Waals surface area contributed by atoms with Crippen molar-refractivity contribution in [2.24, 2.45) is 0 Å². The van der Waals surface area contributed by atoms with Gasteiger partial charge in [-0.05, 0) is 43.3 Å². The molecule has 0 spiro atoms. The minimum atomic E-state index is -0.503. The van der Waals surface area contributed by atoms with Crippen molar-refractivity contribution in [1.82, 2.24) is 15.0 Å². The zero-order valence-corrected chi connectivity index (χ0v) is 12.1. The van der Waals surface area contributed by atoms with Crippen LogP contribution in [0, 0.1) is 18.6 Å². The summed E-state index contributed by atoms with van der Waals surface area (Å²) < 4.78 is 28.0. The van der Waals surface area contributed by atoms with Crippen LogP contribution in [0.1, 0.15) is 16.2 Å². The number of nitrogens with zero attached hydrogens (tertiary/aromatic N) is 3. The van der Waals surface area contributed by atoms with Gasteiger partial charge < -0.3 is 5.32 Å². The molecule has 0 aliphatic carbocycles. The Morgan fingerprint density at radius 1 is 1.09 bits per heavy atom. The average molecular weight is 314 g/mol. The molecule has 0 saturated carbocycles. The molecule has 1 N–H and O–H groups in total. The number of hydrogen-bond acceptors (Lipinski definition) is 3. The zero-order chi connectivity index (χ0) is 16.4. The third kappa shape index (κ3) is 2.94. The summed E-state index contributed by atoms with van der Waals surface area (Å²) in [5.74, 6) is -1.37. The molecule has 7 heteroatoms. The van der Waals surface area contributed by atoms with E-state index in [4.69, 9.17) is 0 Å². The lowest BCUT2D eigenvalue weighted by molar-refractivity contribution is 0.102. The van der Waals surface area contributed by atoms with Crippen LogP contribution in [0.4, 0.5) is 14.5 Å². The molecule has 0 bridgehead atoms. The molecule has 0 atom stereocenters. The Bertz CT molecular complexity index is 859. The molecule has 0 aliphatic heterocycles. The molecule has 2 aromatic carbocycles. The molecule has 1 heterocycles. The molecule has 1 amide bonds. The third-order valence-electron chi connectivity index (χ3n) is 3.29. The molecule has 23 heavy (non-hydrogen) atoms. The van der Waals surface area contributed by atoms with Crippen molar-refractivity contribution >= 4 is 11.6 Å². The van der Waals surface area contributed by atoms with E-state index in [-0.39, 0.29) is 11.4 Å². The van der Waals surface area contributed by atoms with Gasteiger partial charge >= 0.3 is 0 Å². The zero-order valence-electron chi connectivity index (χ0n) is 12.1. The minimum Gasteiger partial charge on any atom is -0.321 e. The summed E-state index contributed by atoms with van der Waals surface area (Å²) in [5, 5.41) is 10.2. The fraction of sp³-hybridized carbons (Fsp3) is 0.0625. The predicted molar refractivity (Wildman–Crippen MR) is 80.4 cm³/mol. The number of rotatable bonds is 3. The normalized spacial score (nSPS) is 10.6. The highest BCUT2D eigenvalue weighted by molar-refractivity contribution is 6.03. The lowest BCUT2D eigenvalue weighted by Gasteiger charge is -2.05. The van der Waals surface area contributed by atoms with Gasteiger partial charge in [0.05, 0.1) is 5.69 Å². The van der Waals surface area contributed by atoms with Crippen LogP contribution in [-0.2, 0) is 0 Å². The molecule has 0 saturated heterocycles. The van der Waals surface area contributed by atoms with Gasteiger partial charge in [0, 0.05) is 5.69 Å². The van der Waals surface area contributed by atoms with Crippen molar-refractivity contribution in [3.63, 3.8) is 0 Å². The van der Waals surface area contributed by atoms with Crippen LogP contribution in [-0.4, -0.2) is 20.9 Å². The van der Waals surface area contributed by atoms with Crippen LogP contribution < -0.4 is 5.32 Å². The first-order valence-electron chi connectivity index (χ1n) is 6.80. The van der Waals surface area contributed by atoms with Crippen molar-refractivity contribution in [1.29, 1.82) is 0 Å². The summed E-state index contributed by atoms with van der Waals surface area (Å²) in [7, 11) is 0. The second-order valence-electron chi connectivity index (χ2n) is 4.85. The van der Waals surface area contributed by atoms with E-state index in [9.17, 15) is 13.6 Å². The largest absolute Gasteiger partial charge is 0.321 e. The Hall–Kier alpha value is -3.09. The summed E-state index contributed by atoms with van der Waals surface area (Å²) in [5.41, 5.74) is 1.10. The van der Waals surface area contributed by atoms with E-state index in [0.717, 1.165) is 0 Å². The van der Waals surface area contributed by atoms with Crippen molar-refractivity contribution in [2.45, 2.75) is 6.92 Å². The van der Waals surface area contributed by atoms with Gasteiger partial charge in [0.15, 0.2) is 5.69 Å². The van der Waals surface area contributed by atoms with Gasteiger partial charge in [-0.3, -0.25) is 4.79 Å². The maximum atomic E-state index is 13.8. The molecule has 3 aromatic rings. The molecule has 5 nitrogen and oxygen atoms in total. The van der Waals surface area contributed by atoms with Gasteiger partial charge in [-0.2, -0.15) is 0 Å². The molecule has 0 radical (unpaired) electrons. The third-order valence-corrected chi connectivity index (χ3v) is 3.29. The Morgan fingerprint density at radius 3 is 2.48 bits per heavy atom. The maximum absolute atomic E-state index is 13.8. The fourth-order valence-corrected chi connectivity index (χ4v) is 2.11. The Labute approximate surface area is 130 Å². The van der Waals surface area contributed by atoms with E-state index < -0.39 is 17.5 Å².